The number of benzene rings is 1. The summed E-state index contributed by atoms with van der Waals surface area (Å²) >= 11 is 0. The number of fused-ring (bicyclic) bond motifs is 1. The minimum Gasteiger partial charge on any atom is -0.398 e. The minimum atomic E-state index is -9.89. The van der Waals surface area contributed by atoms with E-state index in [-0.39, 0.29) is 35.6 Å². The van der Waals surface area contributed by atoms with Gasteiger partial charge in [0.1, 0.15) is 16.2 Å². The molecule has 0 saturated carbocycles. The zero-order valence-corrected chi connectivity index (χ0v) is 20.9. The average molecular weight is 546 g/mol. The molecule has 7 nitrogen and oxygen atoms in total. The van der Waals surface area contributed by atoms with Crippen molar-refractivity contribution in [2.45, 2.75) is 55.4 Å². The fourth-order valence-corrected chi connectivity index (χ4v) is 6.00. The van der Waals surface area contributed by atoms with Gasteiger partial charge in [0.2, 0.25) is 0 Å². The summed E-state index contributed by atoms with van der Waals surface area (Å²) in [5, 5.41) is 0. The van der Waals surface area contributed by atoms with Crippen molar-refractivity contribution >= 4 is 33.0 Å². The van der Waals surface area contributed by atoms with Gasteiger partial charge >= 0.3 is 10.2 Å². The number of pyridine rings is 1. The van der Waals surface area contributed by atoms with E-state index < -0.39 is 26.7 Å². The normalized spacial score (nSPS) is 23.6. The van der Waals surface area contributed by atoms with Gasteiger partial charge in [-0.3, -0.25) is 4.79 Å². The fraction of sp³-hybridized carbons (Fsp3) is 0.458. The highest BCUT2D eigenvalue weighted by atomic mass is 32.5. The Hall–Kier alpha value is -2.93. The first kappa shape index (κ1) is 25.7. The Balaban J connectivity index is 1.34. The molecular formula is C24H28F5N5O2S. The summed E-state index contributed by atoms with van der Waals surface area (Å²) in [4.78, 5) is 25.2. The van der Waals surface area contributed by atoms with Crippen LogP contribution in [0.3, 0.4) is 0 Å². The number of carbonyl (C=O) groups is 1. The van der Waals surface area contributed by atoms with Gasteiger partial charge in [0, 0.05) is 43.6 Å². The first-order chi connectivity index (χ1) is 17.2. The number of ether oxygens (including phenoxy) is 1. The number of aromatic nitrogens is 3. The lowest BCUT2D eigenvalue weighted by Crippen LogP contribution is -2.44. The SMILES string of the molecule is C[C@@H]1C[C@@H](c2ccnc3[nH]c(C4CCOCC4)nc23)CCN1C(=O)c1ccc(S(F)(F)(F)(F)F)cc1N. The number of likely N-dealkylation sites (tertiary alicyclic amines) is 1. The molecule has 0 unspecified atom stereocenters. The maximum Gasteiger partial charge on any atom is 0.310 e. The second-order valence-corrected chi connectivity index (χ2v) is 12.3. The minimum absolute atomic E-state index is 0.0863. The van der Waals surface area contributed by atoms with Crippen molar-refractivity contribution in [3.05, 3.63) is 47.4 Å². The Morgan fingerprint density at radius 1 is 1.11 bits per heavy atom. The zero-order valence-electron chi connectivity index (χ0n) is 20.1. The molecule has 2 aliphatic heterocycles. The predicted octanol–water partition coefficient (Wildman–Crippen LogP) is 6.50. The van der Waals surface area contributed by atoms with Gasteiger partial charge in [-0.05, 0) is 68.4 Å². The van der Waals surface area contributed by atoms with E-state index in [1.165, 1.54) is 4.90 Å². The van der Waals surface area contributed by atoms with Crippen LogP contribution in [0.25, 0.3) is 11.2 Å². The number of nitrogens with zero attached hydrogens (tertiary/aromatic N) is 3. The highest BCUT2D eigenvalue weighted by Crippen LogP contribution is 3.02. The molecule has 1 amide bonds. The van der Waals surface area contributed by atoms with Gasteiger partial charge in [-0.15, -0.1) is 0 Å². The Morgan fingerprint density at radius 2 is 1.84 bits per heavy atom. The number of piperidine rings is 1. The lowest BCUT2D eigenvalue weighted by molar-refractivity contribution is 0.0617. The van der Waals surface area contributed by atoms with Gasteiger partial charge in [0.25, 0.3) is 5.91 Å². The Bertz CT molecular complexity index is 1360. The van der Waals surface area contributed by atoms with E-state index in [2.05, 4.69) is 9.97 Å². The molecule has 3 N–H and O–H groups in total. The highest BCUT2D eigenvalue weighted by Gasteiger charge is 2.65. The summed E-state index contributed by atoms with van der Waals surface area (Å²) < 4.78 is 71.1. The highest BCUT2D eigenvalue weighted by molar-refractivity contribution is 8.45. The van der Waals surface area contributed by atoms with Crippen molar-refractivity contribution in [2.24, 2.45) is 0 Å². The zero-order chi connectivity index (χ0) is 26.7. The molecule has 0 spiro atoms. The van der Waals surface area contributed by atoms with Gasteiger partial charge in [0.05, 0.1) is 5.56 Å². The molecule has 2 atom stereocenters. The van der Waals surface area contributed by atoms with Crippen LogP contribution in [0, 0.1) is 0 Å². The Morgan fingerprint density at radius 3 is 2.49 bits per heavy atom. The van der Waals surface area contributed by atoms with Gasteiger partial charge < -0.3 is 20.4 Å². The number of nitrogen functional groups attached to an aromatic ring is 1. The largest absolute Gasteiger partial charge is 0.398 e. The van der Waals surface area contributed by atoms with Crippen molar-refractivity contribution in [3.8, 4) is 0 Å². The van der Waals surface area contributed by atoms with Crippen molar-refractivity contribution in [1.82, 2.24) is 19.9 Å². The number of hydrogen-bond acceptors (Lipinski definition) is 5. The molecule has 0 radical (unpaired) electrons. The molecule has 4 heterocycles. The van der Waals surface area contributed by atoms with Crippen molar-refractivity contribution in [3.63, 3.8) is 0 Å². The molecule has 0 aliphatic carbocycles. The summed E-state index contributed by atoms with van der Waals surface area (Å²) in [5.41, 5.74) is 7.33. The Labute approximate surface area is 210 Å². The molecule has 0 bridgehead atoms. The maximum atomic E-state index is 13.1. The van der Waals surface area contributed by atoms with E-state index in [0.29, 0.717) is 38.2 Å². The fourth-order valence-electron chi connectivity index (χ4n) is 5.33. The second kappa shape index (κ2) is 8.29. The van der Waals surface area contributed by atoms with Crippen LogP contribution in [0.4, 0.5) is 25.1 Å². The van der Waals surface area contributed by atoms with Crippen LogP contribution in [-0.4, -0.2) is 51.6 Å². The summed E-state index contributed by atoms with van der Waals surface area (Å²) in [7, 11) is -9.89. The molecule has 5 rings (SSSR count). The average Bonchev–Trinajstić information content (AvgIpc) is 3.27. The van der Waals surface area contributed by atoms with E-state index in [4.69, 9.17) is 15.5 Å². The molecule has 2 aliphatic rings. The van der Waals surface area contributed by atoms with Crippen LogP contribution in [0.5, 0.6) is 0 Å². The Kier molecular flexibility index (Phi) is 5.76. The van der Waals surface area contributed by atoms with Crippen LogP contribution in [0.1, 0.15) is 66.2 Å². The maximum absolute atomic E-state index is 13.1. The van der Waals surface area contributed by atoms with Crippen LogP contribution in [-0.2, 0) is 4.74 Å². The van der Waals surface area contributed by atoms with Crippen LogP contribution in [0.2, 0.25) is 0 Å². The number of nitrogens with one attached hydrogen (secondary N) is 1. The molecular weight excluding hydrogens is 517 g/mol. The predicted molar refractivity (Wildman–Crippen MR) is 131 cm³/mol. The van der Waals surface area contributed by atoms with Gasteiger partial charge in [-0.1, -0.05) is 19.4 Å². The number of nitrogens with two attached hydrogens (primary N) is 1. The number of H-pyrrole nitrogens is 1. The number of amides is 1. The third-order valence-corrected chi connectivity index (χ3v) is 8.46. The lowest BCUT2D eigenvalue weighted by Gasteiger charge is -2.41. The first-order valence-electron chi connectivity index (χ1n) is 12.1. The quantitative estimate of drug-likeness (QED) is 0.288. The molecule has 3 aromatic rings. The molecule has 37 heavy (non-hydrogen) atoms. The third-order valence-electron chi connectivity index (χ3n) is 7.32. The van der Waals surface area contributed by atoms with Crippen molar-refractivity contribution in [1.29, 1.82) is 0 Å². The van der Waals surface area contributed by atoms with Crippen LogP contribution < -0.4 is 5.73 Å². The number of hydrogen-bond donors (Lipinski definition) is 2. The van der Waals surface area contributed by atoms with E-state index in [1.54, 1.807) is 6.20 Å². The summed E-state index contributed by atoms with van der Waals surface area (Å²) in [6.07, 6.45) is 4.69. The van der Waals surface area contributed by atoms with E-state index in [1.807, 2.05) is 13.0 Å². The molecule has 2 fully saturated rings. The smallest absolute Gasteiger partial charge is 0.310 e. The first-order valence-corrected chi connectivity index (χ1v) is 14.0. The van der Waals surface area contributed by atoms with Crippen LogP contribution >= 0.6 is 10.2 Å². The number of halogens is 5. The number of imidazole rings is 1. The number of carbonyl (C=O) groups excluding carboxylic acids is 1. The molecule has 2 aromatic heterocycles. The number of aromatic amines is 1. The summed E-state index contributed by atoms with van der Waals surface area (Å²) in [5.74, 6) is 0.677. The summed E-state index contributed by atoms with van der Waals surface area (Å²) in [6, 6.07) is 2.77. The van der Waals surface area contributed by atoms with E-state index in [9.17, 15) is 24.2 Å². The van der Waals surface area contributed by atoms with Crippen molar-refractivity contribution < 1.29 is 29.0 Å². The lowest BCUT2D eigenvalue weighted by atomic mass is 9.85. The van der Waals surface area contributed by atoms with Crippen molar-refractivity contribution in [2.75, 3.05) is 25.5 Å². The molecule has 13 heteroatoms. The second-order valence-electron chi connectivity index (χ2n) is 9.89. The van der Waals surface area contributed by atoms with Gasteiger partial charge in [-0.2, -0.15) is 0 Å². The molecule has 1 aromatic carbocycles. The van der Waals surface area contributed by atoms with Gasteiger partial charge in [-0.25, -0.2) is 9.97 Å². The van der Waals surface area contributed by atoms with E-state index in [0.717, 1.165) is 35.8 Å². The molecule has 202 valence electrons. The summed E-state index contributed by atoms with van der Waals surface area (Å²) in [6.45, 7) is 3.56. The topological polar surface area (TPSA) is 97.1 Å². The molecule has 2 saturated heterocycles. The van der Waals surface area contributed by atoms with Gasteiger partial charge in [0.15, 0.2) is 5.65 Å². The van der Waals surface area contributed by atoms with Crippen LogP contribution in [0.15, 0.2) is 35.4 Å². The number of rotatable bonds is 4. The number of anilines is 1. The third kappa shape index (κ3) is 5.11. The van der Waals surface area contributed by atoms with E-state index >= 15 is 0 Å². The standard InChI is InChI=1S/C24H28F5N5O2S/c1-14-12-16(18-4-8-31-23-21(18)32-22(33-23)15-6-10-36-11-7-15)5-9-34(14)24(35)19-3-2-17(13-20(19)30)37(25,26,27,28)29/h2-4,8,13-16H,5-7,9-12,30H2,1H3,(H,31,32,33)/t14-,16+/m1/s1. The monoisotopic (exact) mass is 545 g/mol.